The summed E-state index contributed by atoms with van der Waals surface area (Å²) in [6.07, 6.45) is 48.7. The summed E-state index contributed by atoms with van der Waals surface area (Å²) in [4.78, 5) is 37.7. The zero-order valence-corrected chi connectivity index (χ0v) is 36.7. The second-order valence-electron chi connectivity index (χ2n) is 16.0. The molecule has 55 heavy (non-hydrogen) atoms. The Labute approximate surface area is 341 Å². The average Bonchev–Trinajstić information content (AvgIpc) is 3.18. The Hall–Kier alpha value is -2.11. The lowest BCUT2D eigenvalue weighted by Gasteiger charge is -2.18. The molecule has 0 saturated carbocycles. The minimum absolute atomic E-state index is 0.0719. The van der Waals surface area contributed by atoms with Crippen LogP contribution < -0.4 is 0 Å². The maximum atomic E-state index is 12.7. The van der Waals surface area contributed by atoms with Gasteiger partial charge in [0.05, 0.1) is 0 Å². The second-order valence-corrected chi connectivity index (χ2v) is 16.0. The molecule has 0 N–H and O–H groups in total. The van der Waals surface area contributed by atoms with E-state index in [-0.39, 0.29) is 31.1 Å². The number of unbranched alkanes of at least 4 members (excludes halogenated alkanes) is 28. The van der Waals surface area contributed by atoms with Crippen molar-refractivity contribution in [2.45, 2.75) is 258 Å². The topological polar surface area (TPSA) is 78.9 Å². The lowest BCUT2D eigenvalue weighted by Crippen LogP contribution is -2.30. The van der Waals surface area contributed by atoms with E-state index in [4.69, 9.17) is 14.2 Å². The van der Waals surface area contributed by atoms with Crippen LogP contribution in [0.15, 0.2) is 24.3 Å². The van der Waals surface area contributed by atoms with Crippen molar-refractivity contribution >= 4 is 17.9 Å². The Balaban J connectivity index is 4.33. The van der Waals surface area contributed by atoms with Gasteiger partial charge in [-0.05, 0) is 51.4 Å². The van der Waals surface area contributed by atoms with Crippen molar-refractivity contribution < 1.29 is 28.6 Å². The van der Waals surface area contributed by atoms with Crippen LogP contribution in [0, 0.1) is 0 Å². The lowest BCUT2D eigenvalue weighted by molar-refractivity contribution is -0.167. The van der Waals surface area contributed by atoms with Crippen LogP contribution in [-0.4, -0.2) is 37.2 Å². The van der Waals surface area contributed by atoms with Gasteiger partial charge in [0.2, 0.25) is 0 Å². The van der Waals surface area contributed by atoms with E-state index >= 15 is 0 Å². The van der Waals surface area contributed by atoms with Crippen LogP contribution in [0.1, 0.15) is 252 Å². The van der Waals surface area contributed by atoms with Crippen LogP contribution in [0.3, 0.4) is 0 Å². The highest BCUT2D eigenvalue weighted by molar-refractivity contribution is 5.71. The molecule has 322 valence electrons. The van der Waals surface area contributed by atoms with Gasteiger partial charge in [-0.25, -0.2) is 0 Å². The summed E-state index contributed by atoms with van der Waals surface area (Å²) in [6, 6.07) is 0. The van der Waals surface area contributed by atoms with Gasteiger partial charge in [-0.2, -0.15) is 0 Å². The predicted molar refractivity (Wildman–Crippen MR) is 233 cm³/mol. The van der Waals surface area contributed by atoms with E-state index in [2.05, 4.69) is 45.1 Å². The van der Waals surface area contributed by atoms with Crippen molar-refractivity contribution in [1.82, 2.24) is 0 Å². The highest BCUT2D eigenvalue weighted by Crippen LogP contribution is 2.15. The molecule has 0 saturated heterocycles. The molecule has 0 heterocycles. The molecule has 6 heteroatoms. The highest BCUT2D eigenvalue weighted by Gasteiger charge is 2.19. The molecule has 0 radical (unpaired) electrons. The van der Waals surface area contributed by atoms with Gasteiger partial charge >= 0.3 is 17.9 Å². The molecular weight excluding hydrogens is 685 g/mol. The van der Waals surface area contributed by atoms with Gasteiger partial charge < -0.3 is 14.2 Å². The first-order valence-electron chi connectivity index (χ1n) is 23.8. The van der Waals surface area contributed by atoms with Crippen molar-refractivity contribution in [2.75, 3.05) is 13.2 Å². The van der Waals surface area contributed by atoms with E-state index in [0.717, 1.165) is 77.0 Å². The Morgan fingerprint density at radius 1 is 0.364 bits per heavy atom. The molecule has 0 aliphatic rings. The van der Waals surface area contributed by atoms with Crippen LogP contribution in [-0.2, 0) is 28.6 Å². The molecule has 0 aromatic carbocycles. The molecule has 0 aromatic heterocycles. The first-order valence-corrected chi connectivity index (χ1v) is 23.8. The number of ether oxygens (including phenoxy) is 3. The molecule has 1 atom stereocenters. The maximum Gasteiger partial charge on any atom is 0.306 e. The Kier molecular flexibility index (Phi) is 42.9. The third-order valence-electron chi connectivity index (χ3n) is 10.5. The van der Waals surface area contributed by atoms with Gasteiger partial charge in [-0.3, -0.25) is 14.4 Å². The standard InChI is InChI=1S/C49H90O6/c1-4-7-10-13-16-19-21-23-24-25-26-28-30-33-36-39-42-48(51)54-45-46(44-53-47(50)41-38-35-32-29-18-15-12-9-6-3)55-49(52)43-40-37-34-31-27-22-20-17-14-11-8-5-2/h19,21,24-25,46H,4-18,20,22-23,26-45H2,1-3H3/b21-19-,25-24-. The fourth-order valence-corrected chi connectivity index (χ4v) is 6.82. The molecule has 0 aromatic rings. The van der Waals surface area contributed by atoms with E-state index in [1.165, 1.54) is 135 Å². The smallest absolute Gasteiger partial charge is 0.306 e. The van der Waals surface area contributed by atoms with Gasteiger partial charge in [0.1, 0.15) is 13.2 Å². The lowest BCUT2D eigenvalue weighted by atomic mass is 10.0. The molecule has 0 aliphatic carbocycles. The van der Waals surface area contributed by atoms with E-state index in [0.29, 0.717) is 19.3 Å². The van der Waals surface area contributed by atoms with Crippen LogP contribution >= 0.6 is 0 Å². The minimum atomic E-state index is -0.768. The largest absolute Gasteiger partial charge is 0.462 e. The first kappa shape index (κ1) is 52.9. The van der Waals surface area contributed by atoms with Crippen molar-refractivity contribution in [3.63, 3.8) is 0 Å². The summed E-state index contributed by atoms with van der Waals surface area (Å²) in [5, 5.41) is 0. The van der Waals surface area contributed by atoms with E-state index in [1.807, 2.05) is 0 Å². The average molecular weight is 775 g/mol. The second kappa shape index (κ2) is 44.6. The molecule has 0 bridgehead atoms. The molecule has 0 rings (SSSR count). The molecular formula is C49H90O6. The fourth-order valence-electron chi connectivity index (χ4n) is 6.82. The van der Waals surface area contributed by atoms with Gasteiger partial charge in [0, 0.05) is 19.3 Å². The van der Waals surface area contributed by atoms with Crippen LogP contribution in [0.2, 0.25) is 0 Å². The van der Waals surface area contributed by atoms with Crippen LogP contribution in [0.25, 0.3) is 0 Å². The number of esters is 3. The van der Waals surface area contributed by atoms with Gasteiger partial charge in [-0.15, -0.1) is 0 Å². The van der Waals surface area contributed by atoms with Crippen LogP contribution in [0.5, 0.6) is 0 Å². The molecule has 0 fully saturated rings. The highest BCUT2D eigenvalue weighted by atomic mass is 16.6. The Bertz CT molecular complexity index is 896. The summed E-state index contributed by atoms with van der Waals surface area (Å²) >= 11 is 0. The van der Waals surface area contributed by atoms with E-state index in [1.54, 1.807) is 0 Å². The minimum Gasteiger partial charge on any atom is -0.462 e. The zero-order chi connectivity index (χ0) is 40.1. The Morgan fingerprint density at radius 3 is 1.02 bits per heavy atom. The summed E-state index contributed by atoms with van der Waals surface area (Å²) in [5.41, 5.74) is 0. The van der Waals surface area contributed by atoms with Crippen molar-refractivity contribution in [3.8, 4) is 0 Å². The summed E-state index contributed by atoms with van der Waals surface area (Å²) < 4.78 is 16.7. The maximum absolute atomic E-state index is 12.7. The zero-order valence-electron chi connectivity index (χ0n) is 36.7. The summed E-state index contributed by atoms with van der Waals surface area (Å²) in [7, 11) is 0. The number of carbonyl (C=O) groups is 3. The normalized spacial score (nSPS) is 12.1. The van der Waals surface area contributed by atoms with Gasteiger partial charge in [0.25, 0.3) is 0 Å². The number of carbonyl (C=O) groups excluding carboxylic acids is 3. The quantitative estimate of drug-likeness (QED) is 0.0266. The first-order chi connectivity index (χ1) is 27.0. The molecule has 6 nitrogen and oxygen atoms in total. The molecule has 0 aliphatic heterocycles. The summed E-state index contributed by atoms with van der Waals surface area (Å²) in [5.74, 6) is -0.881. The van der Waals surface area contributed by atoms with Crippen molar-refractivity contribution in [3.05, 3.63) is 24.3 Å². The number of hydrogen-bond acceptors (Lipinski definition) is 6. The molecule has 0 amide bonds. The van der Waals surface area contributed by atoms with Crippen molar-refractivity contribution in [2.24, 2.45) is 0 Å². The Morgan fingerprint density at radius 2 is 0.655 bits per heavy atom. The number of hydrogen-bond donors (Lipinski definition) is 0. The number of allylic oxidation sites excluding steroid dienone is 4. The summed E-state index contributed by atoms with van der Waals surface area (Å²) in [6.45, 7) is 6.59. The predicted octanol–water partition coefficient (Wildman–Crippen LogP) is 15.2. The fraction of sp³-hybridized carbons (Fsp3) is 0.857. The number of rotatable bonds is 43. The molecule has 0 spiro atoms. The van der Waals surface area contributed by atoms with Gasteiger partial charge in [0.15, 0.2) is 6.10 Å². The third-order valence-corrected chi connectivity index (χ3v) is 10.5. The van der Waals surface area contributed by atoms with Crippen molar-refractivity contribution in [1.29, 1.82) is 0 Å². The monoisotopic (exact) mass is 775 g/mol. The van der Waals surface area contributed by atoms with Gasteiger partial charge in [-0.1, -0.05) is 206 Å². The SMILES string of the molecule is CCCCCC/C=C\C/C=C\CCCCCCCC(=O)OCC(COC(=O)CCCCCCCCCCC)OC(=O)CCCCCCCCCCCCCC. The van der Waals surface area contributed by atoms with E-state index < -0.39 is 6.10 Å². The van der Waals surface area contributed by atoms with Crippen LogP contribution in [0.4, 0.5) is 0 Å². The third kappa shape index (κ3) is 42.9. The van der Waals surface area contributed by atoms with E-state index in [9.17, 15) is 14.4 Å². The molecule has 1 unspecified atom stereocenters.